The highest BCUT2D eigenvalue weighted by Gasteiger charge is 2.52. The second-order valence-electron chi connectivity index (χ2n) is 12.5. The second kappa shape index (κ2) is 13.3. The van der Waals surface area contributed by atoms with Gasteiger partial charge in [0.25, 0.3) is 5.91 Å². The molecule has 1 spiro atoms. The number of aromatic nitrogens is 1. The van der Waals surface area contributed by atoms with Crippen LogP contribution < -0.4 is 10.6 Å². The van der Waals surface area contributed by atoms with Crippen molar-refractivity contribution in [1.29, 1.82) is 5.41 Å². The highest BCUT2D eigenvalue weighted by Crippen LogP contribution is 2.45. The summed E-state index contributed by atoms with van der Waals surface area (Å²) in [5.41, 5.74) is 0.884. The third-order valence-corrected chi connectivity index (χ3v) is 9.09. The molecule has 3 N–H and O–H groups in total. The number of carbonyl (C=O) groups is 4. The third kappa shape index (κ3) is 6.31. The van der Waals surface area contributed by atoms with Crippen LogP contribution in [0.4, 0.5) is 14.6 Å². The zero-order valence-corrected chi connectivity index (χ0v) is 26.0. The standard InChI is InChI=1S/C35H37F2N5O4/c1-20(2)30(40-32(44)29-26(36)7-4-8-27(29)37)28(43)17-23(16-22-11-9-21(3)10-12-22)33(45)42-15-13-35(18-24(42)19-38)25-6-5-14-39-31(25)41-34(35)46/h4-12,14,19-20,23-24,30,38H,13,15-18H2,1-3H3,(H,40,44)(H,39,41,46)/t23-,24+,30+,35-/m1/s1. The van der Waals surface area contributed by atoms with Crippen LogP contribution in [0.3, 0.4) is 0 Å². The number of anilines is 1. The van der Waals surface area contributed by atoms with Gasteiger partial charge in [-0.1, -0.05) is 55.8 Å². The summed E-state index contributed by atoms with van der Waals surface area (Å²) in [7, 11) is 0. The van der Waals surface area contributed by atoms with E-state index >= 15 is 0 Å². The highest BCUT2D eigenvalue weighted by atomic mass is 19.1. The lowest BCUT2D eigenvalue weighted by Crippen LogP contribution is -2.56. The van der Waals surface area contributed by atoms with E-state index in [0.29, 0.717) is 12.2 Å². The molecule has 2 aromatic carbocycles. The van der Waals surface area contributed by atoms with E-state index in [1.54, 1.807) is 31.0 Å². The molecular weight excluding hydrogens is 592 g/mol. The molecule has 0 aliphatic carbocycles. The van der Waals surface area contributed by atoms with E-state index in [1.165, 1.54) is 0 Å². The number of halogens is 2. The van der Waals surface area contributed by atoms with Crippen LogP contribution in [0.15, 0.2) is 60.8 Å². The molecule has 5 rings (SSSR count). The van der Waals surface area contributed by atoms with Gasteiger partial charge in [-0.05, 0) is 55.9 Å². The van der Waals surface area contributed by atoms with Crippen LogP contribution in [0.25, 0.3) is 0 Å². The molecule has 9 nitrogen and oxygen atoms in total. The molecule has 2 aliphatic rings. The zero-order valence-electron chi connectivity index (χ0n) is 26.0. The van der Waals surface area contributed by atoms with Gasteiger partial charge in [0, 0.05) is 36.9 Å². The highest BCUT2D eigenvalue weighted by molar-refractivity contribution is 6.06. The van der Waals surface area contributed by atoms with Gasteiger partial charge in [-0.25, -0.2) is 13.8 Å². The number of amides is 3. The molecular formula is C35H37F2N5O4. The predicted octanol–water partition coefficient (Wildman–Crippen LogP) is 4.77. The van der Waals surface area contributed by atoms with Crippen molar-refractivity contribution in [2.45, 2.75) is 64.0 Å². The first-order valence-corrected chi connectivity index (χ1v) is 15.4. The molecule has 4 atom stereocenters. The lowest BCUT2D eigenvalue weighted by Gasteiger charge is -2.43. The SMILES string of the molecule is Cc1ccc(C[C@H](CC(=O)[C@@H](NC(=O)c2c(F)cccc2F)C(C)C)C(=O)N2CC[C@]3(C[C@H]2C=N)C(=O)Nc2ncccc23)cc1. The zero-order chi connectivity index (χ0) is 33.2. The number of carbonyl (C=O) groups excluding carboxylic acids is 4. The van der Waals surface area contributed by atoms with Gasteiger partial charge >= 0.3 is 0 Å². The quantitative estimate of drug-likeness (QED) is 0.278. The van der Waals surface area contributed by atoms with E-state index < -0.39 is 58.2 Å². The molecule has 3 aromatic rings. The fourth-order valence-electron chi connectivity index (χ4n) is 6.57. The van der Waals surface area contributed by atoms with Gasteiger partial charge in [-0.2, -0.15) is 0 Å². The minimum absolute atomic E-state index is 0.177. The van der Waals surface area contributed by atoms with Crippen molar-refractivity contribution in [2.24, 2.45) is 11.8 Å². The number of fused-ring (bicyclic) bond motifs is 2. The molecule has 3 amide bonds. The fourth-order valence-corrected chi connectivity index (χ4v) is 6.57. The minimum atomic E-state index is -1.12. The van der Waals surface area contributed by atoms with E-state index in [-0.39, 0.29) is 37.6 Å². The minimum Gasteiger partial charge on any atom is -0.342 e. The van der Waals surface area contributed by atoms with Crippen LogP contribution in [0.2, 0.25) is 0 Å². The Morgan fingerprint density at radius 2 is 1.80 bits per heavy atom. The van der Waals surface area contributed by atoms with Gasteiger partial charge < -0.3 is 20.9 Å². The molecule has 3 heterocycles. The van der Waals surface area contributed by atoms with Gasteiger partial charge in [-0.15, -0.1) is 0 Å². The number of aryl methyl sites for hydroxylation is 1. The average molecular weight is 630 g/mol. The van der Waals surface area contributed by atoms with E-state index in [1.807, 2.05) is 37.3 Å². The summed E-state index contributed by atoms with van der Waals surface area (Å²) < 4.78 is 28.7. The maximum Gasteiger partial charge on any atom is 0.257 e. The summed E-state index contributed by atoms with van der Waals surface area (Å²) in [5.74, 6) is -4.99. The number of piperidine rings is 1. The molecule has 0 bridgehead atoms. The number of hydrogen-bond acceptors (Lipinski definition) is 6. The normalized spacial score (nSPS) is 20.2. The number of ketones is 1. The van der Waals surface area contributed by atoms with Gasteiger partial charge in [-0.3, -0.25) is 19.2 Å². The summed E-state index contributed by atoms with van der Waals surface area (Å²) >= 11 is 0. The molecule has 0 saturated carbocycles. The summed E-state index contributed by atoms with van der Waals surface area (Å²) in [6.07, 6.45) is 3.22. The van der Waals surface area contributed by atoms with E-state index in [4.69, 9.17) is 5.41 Å². The topological polar surface area (TPSA) is 132 Å². The molecule has 46 heavy (non-hydrogen) atoms. The molecule has 0 radical (unpaired) electrons. The Morgan fingerprint density at radius 1 is 1.11 bits per heavy atom. The van der Waals surface area contributed by atoms with E-state index in [2.05, 4.69) is 15.6 Å². The first kappa shape index (κ1) is 32.6. The monoisotopic (exact) mass is 629 g/mol. The predicted molar refractivity (Wildman–Crippen MR) is 169 cm³/mol. The number of nitrogens with one attached hydrogen (secondary N) is 3. The number of hydrogen-bond donors (Lipinski definition) is 3. The number of benzene rings is 2. The average Bonchev–Trinajstić information content (AvgIpc) is 3.29. The van der Waals surface area contributed by atoms with Crippen molar-refractivity contribution in [2.75, 3.05) is 11.9 Å². The first-order chi connectivity index (χ1) is 21.9. The lowest BCUT2D eigenvalue weighted by atomic mass is 9.71. The third-order valence-electron chi connectivity index (χ3n) is 9.09. The van der Waals surface area contributed by atoms with Crippen molar-refractivity contribution in [1.82, 2.24) is 15.2 Å². The van der Waals surface area contributed by atoms with Gasteiger partial charge in [0.1, 0.15) is 23.0 Å². The maximum atomic E-state index is 14.3. The van der Waals surface area contributed by atoms with Crippen molar-refractivity contribution in [3.05, 3.63) is 94.7 Å². The van der Waals surface area contributed by atoms with Crippen LogP contribution in [-0.4, -0.2) is 58.2 Å². The number of pyridine rings is 1. The number of nitrogens with zero attached hydrogens (tertiary/aromatic N) is 2. The smallest absolute Gasteiger partial charge is 0.257 e. The van der Waals surface area contributed by atoms with Gasteiger partial charge in [0.2, 0.25) is 11.8 Å². The Morgan fingerprint density at radius 3 is 2.46 bits per heavy atom. The number of rotatable bonds is 10. The van der Waals surface area contributed by atoms with Crippen molar-refractivity contribution in [3.63, 3.8) is 0 Å². The molecule has 0 unspecified atom stereocenters. The van der Waals surface area contributed by atoms with Crippen LogP contribution in [-0.2, 0) is 26.2 Å². The van der Waals surface area contributed by atoms with E-state index in [9.17, 15) is 28.0 Å². The Bertz CT molecular complexity index is 1660. The summed E-state index contributed by atoms with van der Waals surface area (Å²) in [4.78, 5) is 60.1. The van der Waals surface area contributed by atoms with E-state index in [0.717, 1.165) is 41.1 Å². The Balaban J connectivity index is 1.40. The molecule has 2 aliphatic heterocycles. The number of Topliss-reactive ketones (excluding diaryl/α,β-unsaturated/α-hetero) is 1. The Hall–Kier alpha value is -4.80. The molecule has 240 valence electrons. The van der Waals surface area contributed by atoms with Gasteiger partial charge in [0.05, 0.1) is 17.5 Å². The van der Waals surface area contributed by atoms with Crippen molar-refractivity contribution >= 4 is 35.5 Å². The van der Waals surface area contributed by atoms with Crippen LogP contribution >= 0.6 is 0 Å². The second-order valence-corrected chi connectivity index (χ2v) is 12.5. The Labute approximate surface area is 266 Å². The summed E-state index contributed by atoms with van der Waals surface area (Å²) in [5, 5.41) is 13.6. The largest absolute Gasteiger partial charge is 0.342 e. The van der Waals surface area contributed by atoms with Crippen molar-refractivity contribution < 1.29 is 28.0 Å². The maximum absolute atomic E-state index is 14.3. The summed E-state index contributed by atoms with van der Waals surface area (Å²) in [6.45, 7) is 5.52. The van der Waals surface area contributed by atoms with Gasteiger partial charge in [0.15, 0.2) is 5.78 Å². The van der Waals surface area contributed by atoms with Crippen LogP contribution in [0.1, 0.15) is 60.2 Å². The van der Waals surface area contributed by atoms with Crippen molar-refractivity contribution in [3.8, 4) is 0 Å². The first-order valence-electron chi connectivity index (χ1n) is 15.4. The summed E-state index contributed by atoms with van der Waals surface area (Å²) in [6, 6.07) is 12.4. The molecule has 1 saturated heterocycles. The number of likely N-dealkylation sites (tertiary alicyclic amines) is 1. The lowest BCUT2D eigenvalue weighted by molar-refractivity contribution is -0.142. The molecule has 11 heteroatoms. The van der Waals surface area contributed by atoms with Crippen LogP contribution in [0, 0.1) is 35.8 Å². The molecule has 1 aromatic heterocycles. The van der Waals surface area contributed by atoms with Crippen LogP contribution in [0.5, 0.6) is 0 Å². The Kier molecular flexibility index (Phi) is 9.41. The fraction of sp³-hybridized carbons (Fsp3) is 0.371. The molecule has 1 fully saturated rings.